The third-order valence-electron chi connectivity index (χ3n) is 4.38. The van der Waals surface area contributed by atoms with E-state index in [-0.39, 0.29) is 22.4 Å². The van der Waals surface area contributed by atoms with E-state index in [2.05, 4.69) is 14.9 Å². The van der Waals surface area contributed by atoms with Crippen LogP contribution in [0.3, 0.4) is 0 Å². The van der Waals surface area contributed by atoms with Gasteiger partial charge in [0.05, 0.1) is 11.3 Å². The van der Waals surface area contributed by atoms with E-state index in [0.29, 0.717) is 18.1 Å². The number of hydrogen-bond acceptors (Lipinski definition) is 6. The minimum Gasteiger partial charge on any atom is -0.343 e. The molecule has 0 saturated heterocycles. The molecule has 0 aliphatic heterocycles. The number of amides is 1. The molecule has 0 atom stereocenters. The number of carbonyl (C=O) groups excluding carboxylic acids is 1. The summed E-state index contributed by atoms with van der Waals surface area (Å²) < 4.78 is 27.7. The molecule has 3 aromatic rings. The quantitative estimate of drug-likeness (QED) is 0.591. The Bertz CT molecular complexity index is 1060. The van der Waals surface area contributed by atoms with Gasteiger partial charge in [-0.1, -0.05) is 53.8 Å². The first kappa shape index (κ1) is 20.9. The van der Waals surface area contributed by atoms with Crippen molar-refractivity contribution in [3.8, 4) is 11.1 Å². The highest BCUT2D eigenvalue weighted by atomic mass is 32.2. The zero-order valence-electron chi connectivity index (χ0n) is 16.2. The van der Waals surface area contributed by atoms with E-state index >= 15 is 0 Å². The Morgan fingerprint density at radius 1 is 0.966 bits per heavy atom. The summed E-state index contributed by atoms with van der Waals surface area (Å²) in [5, 5.41) is 8.41. The maximum Gasteiger partial charge on any atom is 0.263 e. The average Bonchev–Trinajstić information content (AvgIpc) is 3.15. The largest absolute Gasteiger partial charge is 0.343 e. The minimum absolute atomic E-state index is 0.0583. The highest BCUT2D eigenvalue weighted by Crippen LogP contribution is 2.24. The lowest BCUT2D eigenvalue weighted by Gasteiger charge is -2.17. The molecule has 1 amide bonds. The standard InChI is InChI=1S/C20H22N4O3S2/c1-3-24(4-2)19(25)14-18-21-22-20(28-18)23-29(26,27)17-12-10-16(11-13-17)15-8-6-5-7-9-15/h5-13H,3-4,14H2,1-2H3,(H,22,23). The lowest BCUT2D eigenvalue weighted by atomic mass is 10.1. The molecule has 152 valence electrons. The number of rotatable bonds is 8. The Labute approximate surface area is 174 Å². The van der Waals surface area contributed by atoms with Crippen molar-refractivity contribution in [3.63, 3.8) is 0 Å². The van der Waals surface area contributed by atoms with E-state index in [9.17, 15) is 13.2 Å². The number of benzene rings is 2. The minimum atomic E-state index is -3.79. The number of nitrogens with zero attached hydrogens (tertiary/aromatic N) is 3. The summed E-state index contributed by atoms with van der Waals surface area (Å²) in [7, 11) is -3.79. The summed E-state index contributed by atoms with van der Waals surface area (Å²) in [6.07, 6.45) is 0.104. The van der Waals surface area contributed by atoms with Gasteiger partial charge in [-0.25, -0.2) is 8.42 Å². The van der Waals surface area contributed by atoms with Crippen molar-refractivity contribution in [2.75, 3.05) is 17.8 Å². The predicted octanol–water partition coefficient (Wildman–Crippen LogP) is 3.42. The number of anilines is 1. The number of carbonyl (C=O) groups is 1. The van der Waals surface area contributed by atoms with E-state index in [0.717, 1.165) is 22.5 Å². The van der Waals surface area contributed by atoms with Crippen LogP contribution in [0, 0.1) is 0 Å². The predicted molar refractivity (Wildman–Crippen MR) is 114 cm³/mol. The van der Waals surface area contributed by atoms with Crippen molar-refractivity contribution in [2.24, 2.45) is 0 Å². The van der Waals surface area contributed by atoms with Crippen LogP contribution >= 0.6 is 11.3 Å². The van der Waals surface area contributed by atoms with Gasteiger partial charge < -0.3 is 4.90 Å². The molecular formula is C20H22N4O3S2. The van der Waals surface area contributed by atoms with Crippen LogP contribution in [0.1, 0.15) is 18.9 Å². The summed E-state index contributed by atoms with van der Waals surface area (Å²) >= 11 is 1.06. The highest BCUT2D eigenvalue weighted by Gasteiger charge is 2.19. The second-order valence-corrected chi connectivity index (χ2v) is 8.98. The third kappa shape index (κ3) is 5.18. The normalized spacial score (nSPS) is 11.2. The van der Waals surface area contributed by atoms with Gasteiger partial charge in [-0.2, -0.15) is 0 Å². The van der Waals surface area contributed by atoms with Crippen LogP contribution in [0.2, 0.25) is 0 Å². The first-order valence-electron chi connectivity index (χ1n) is 9.21. The third-order valence-corrected chi connectivity index (χ3v) is 6.70. The lowest BCUT2D eigenvalue weighted by Crippen LogP contribution is -2.31. The van der Waals surface area contributed by atoms with Gasteiger partial charge in [-0.3, -0.25) is 9.52 Å². The molecule has 0 radical (unpaired) electrons. The van der Waals surface area contributed by atoms with Crippen molar-refractivity contribution < 1.29 is 13.2 Å². The molecular weight excluding hydrogens is 408 g/mol. The van der Waals surface area contributed by atoms with Crippen LogP contribution in [0.4, 0.5) is 5.13 Å². The van der Waals surface area contributed by atoms with E-state index in [1.54, 1.807) is 29.2 Å². The van der Waals surface area contributed by atoms with Gasteiger partial charge in [0.1, 0.15) is 5.01 Å². The first-order valence-corrected chi connectivity index (χ1v) is 11.5. The van der Waals surface area contributed by atoms with E-state index in [1.165, 1.54) is 0 Å². The summed E-state index contributed by atoms with van der Waals surface area (Å²) in [4.78, 5) is 14.0. The second-order valence-electron chi connectivity index (χ2n) is 6.24. The van der Waals surface area contributed by atoms with Crippen LogP contribution in [-0.2, 0) is 21.2 Å². The van der Waals surface area contributed by atoms with Gasteiger partial charge in [0.2, 0.25) is 11.0 Å². The molecule has 1 heterocycles. The Kier molecular flexibility index (Phi) is 6.60. The molecule has 2 aromatic carbocycles. The number of nitrogens with one attached hydrogen (secondary N) is 1. The van der Waals surface area contributed by atoms with Crippen molar-refractivity contribution in [2.45, 2.75) is 25.2 Å². The molecule has 0 bridgehead atoms. The number of sulfonamides is 1. The molecule has 29 heavy (non-hydrogen) atoms. The lowest BCUT2D eigenvalue weighted by molar-refractivity contribution is -0.130. The van der Waals surface area contributed by atoms with Crippen molar-refractivity contribution in [3.05, 3.63) is 59.6 Å². The second kappa shape index (κ2) is 9.15. The van der Waals surface area contributed by atoms with Gasteiger partial charge in [-0.05, 0) is 37.1 Å². The fourth-order valence-corrected chi connectivity index (χ4v) is 4.78. The smallest absolute Gasteiger partial charge is 0.263 e. The zero-order chi connectivity index (χ0) is 20.9. The number of hydrogen-bond donors (Lipinski definition) is 1. The van der Waals surface area contributed by atoms with Gasteiger partial charge in [0.25, 0.3) is 10.0 Å². The summed E-state index contributed by atoms with van der Waals surface area (Å²) in [5.41, 5.74) is 1.94. The molecule has 0 aliphatic rings. The summed E-state index contributed by atoms with van der Waals surface area (Å²) in [5.74, 6) is -0.0583. The molecule has 3 rings (SSSR count). The zero-order valence-corrected chi connectivity index (χ0v) is 17.8. The fourth-order valence-electron chi connectivity index (χ4n) is 2.81. The van der Waals surface area contributed by atoms with Gasteiger partial charge >= 0.3 is 0 Å². The Balaban J connectivity index is 1.70. The van der Waals surface area contributed by atoms with Gasteiger partial charge in [-0.15, -0.1) is 10.2 Å². The Hall–Kier alpha value is -2.78. The maximum absolute atomic E-state index is 12.6. The van der Waals surface area contributed by atoms with Crippen LogP contribution in [0.25, 0.3) is 11.1 Å². The molecule has 7 nitrogen and oxygen atoms in total. The Morgan fingerprint density at radius 2 is 1.59 bits per heavy atom. The van der Waals surface area contributed by atoms with Crippen molar-refractivity contribution >= 4 is 32.4 Å². The molecule has 1 N–H and O–H groups in total. The maximum atomic E-state index is 12.6. The van der Waals surface area contributed by atoms with Crippen LogP contribution in [0.15, 0.2) is 59.5 Å². The molecule has 0 aliphatic carbocycles. The number of likely N-dealkylation sites (N-methyl/N-ethyl adjacent to an activating group) is 1. The highest BCUT2D eigenvalue weighted by molar-refractivity contribution is 7.93. The van der Waals surface area contributed by atoms with E-state index in [4.69, 9.17) is 0 Å². The van der Waals surface area contributed by atoms with Crippen molar-refractivity contribution in [1.29, 1.82) is 0 Å². The molecule has 1 aromatic heterocycles. The number of aromatic nitrogens is 2. The first-order chi connectivity index (χ1) is 13.9. The van der Waals surface area contributed by atoms with Crippen LogP contribution < -0.4 is 4.72 Å². The van der Waals surface area contributed by atoms with Crippen LogP contribution in [0.5, 0.6) is 0 Å². The summed E-state index contributed by atoms with van der Waals surface area (Å²) in [6, 6.07) is 16.3. The Morgan fingerprint density at radius 3 is 2.21 bits per heavy atom. The van der Waals surface area contributed by atoms with Gasteiger partial charge in [0.15, 0.2) is 0 Å². The van der Waals surface area contributed by atoms with Gasteiger partial charge in [0, 0.05) is 13.1 Å². The van der Waals surface area contributed by atoms with Crippen molar-refractivity contribution in [1.82, 2.24) is 15.1 Å². The molecule has 0 saturated carbocycles. The average molecular weight is 431 g/mol. The SMILES string of the molecule is CCN(CC)C(=O)Cc1nnc(NS(=O)(=O)c2ccc(-c3ccccc3)cc2)s1. The van der Waals surface area contributed by atoms with Crippen LogP contribution in [-0.4, -0.2) is 42.5 Å². The molecule has 9 heteroatoms. The molecule has 0 spiro atoms. The molecule has 0 unspecified atom stereocenters. The monoisotopic (exact) mass is 430 g/mol. The van der Waals surface area contributed by atoms with E-state index in [1.807, 2.05) is 44.2 Å². The van der Waals surface area contributed by atoms with E-state index < -0.39 is 10.0 Å². The topological polar surface area (TPSA) is 92.3 Å². The molecule has 0 fully saturated rings. The summed E-state index contributed by atoms with van der Waals surface area (Å²) in [6.45, 7) is 5.05. The fraction of sp³-hybridized carbons (Fsp3) is 0.250.